The number of carbonyl (C=O) groups excluding carboxylic acids is 5. The molecule has 5 saturated heterocycles. The molecule has 0 unspecified atom stereocenters. The molecular weight excluding hydrogens is 1960 g/mol. The number of amidine groups is 1. The van der Waals surface area contributed by atoms with E-state index in [1.807, 2.05) is 28.0 Å². The summed E-state index contributed by atoms with van der Waals surface area (Å²) >= 11 is 0. The van der Waals surface area contributed by atoms with E-state index in [9.17, 15) is 94.2 Å². The number of aromatic amines is 2. The zero-order valence-electron chi connectivity index (χ0n) is 76.0. The number of hydrogen-bond donors (Lipinski definition) is 6. The van der Waals surface area contributed by atoms with E-state index in [4.69, 9.17) is 17.5 Å². The molecule has 11 N–H and O–H groups in total. The number of nitrogens with two attached hydrogens (primary N) is 3. The molecule has 37 nitrogen and oxygen atoms in total. The highest BCUT2D eigenvalue weighted by Crippen LogP contribution is 2.38. The van der Waals surface area contributed by atoms with E-state index in [0.29, 0.717) is 95.4 Å². The van der Waals surface area contributed by atoms with Gasteiger partial charge in [-0.3, -0.25) is 69.0 Å². The Labute approximate surface area is 812 Å². The predicted octanol–water partition coefficient (Wildman–Crippen LogP) is 15.1. The monoisotopic (exact) mass is 2040 g/mol. The Morgan fingerprint density at radius 2 is 0.733 bits per heavy atom. The molecule has 0 atom stereocenters. The molecule has 0 saturated carbocycles. The number of piperidine rings is 5. The number of nitrogens with zero attached hydrogens (tertiary/aromatic N) is 24. The first-order valence-corrected chi connectivity index (χ1v) is 44.2. The second-order valence-corrected chi connectivity index (χ2v) is 33.8. The maximum absolute atomic E-state index is 13.4. The van der Waals surface area contributed by atoms with Gasteiger partial charge >= 0.3 is 18.2 Å². The van der Waals surface area contributed by atoms with E-state index in [-0.39, 0.29) is 194 Å². The number of rotatable bonds is 12. The van der Waals surface area contributed by atoms with Crippen molar-refractivity contribution in [1.29, 1.82) is 0 Å². The fourth-order valence-electron chi connectivity index (χ4n) is 16.1. The third-order valence-electron chi connectivity index (χ3n) is 24.1. The number of fused-ring (bicyclic) bond motifs is 5. The summed E-state index contributed by atoms with van der Waals surface area (Å²) in [6, 6.07) is 30.2. The maximum Gasteiger partial charge on any atom is 0.470 e. The number of amides is 5. The van der Waals surface area contributed by atoms with E-state index in [1.165, 1.54) is 80.0 Å². The van der Waals surface area contributed by atoms with Gasteiger partial charge in [0.2, 0.25) is 5.82 Å². The van der Waals surface area contributed by atoms with Crippen molar-refractivity contribution in [2.75, 3.05) is 65.4 Å². The zero-order chi connectivity index (χ0) is 103. The van der Waals surface area contributed by atoms with Crippen LogP contribution in [0, 0.1) is 6.57 Å². The van der Waals surface area contributed by atoms with Crippen LogP contribution < -0.4 is 17.4 Å². The SMILES string of the molecule is N/C(=N\O)c1ccc(-n2ccc3cc(C(=O)N4CCC(F)(F)CC4)cnc32)cn1.NN.O.O=C(c1cnc2[nH]ccc2c1)N1CCC(F)(F)CC1.O=C(c1cnc2c(ccn2-c2ccc(-c3n[nH]c(C(F)(F)F)n3)nc2)c1)N1CCC(F)(F)CC1.O=C(c1cnc2c(ccn2-c2ccc(-c3nnc(C(F)(F)F)o3)nc2)c1)N1CCC(F)(F)CC1.[C-]#[N+]c1ccc(-n2ccc3cc(C(=O)N4CCC(F)(F)CC4)cnc32)cn1. The van der Waals surface area contributed by atoms with Gasteiger partial charge in [-0.25, -0.2) is 78.8 Å². The van der Waals surface area contributed by atoms with Crippen molar-refractivity contribution >= 4 is 96.4 Å². The molecule has 16 aromatic rings. The van der Waals surface area contributed by atoms with Crippen LogP contribution >= 0.6 is 0 Å². The first kappa shape index (κ1) is 104. The van der Waals surface area contributed by atoms with Gasteiger partial charge in [0.05, 0.1) is 69.2 Å². The average Bonchev–Trinajstić information content (AvgIpc) is 1.64. The van der Waals surface area contributed by atoms with E-state index in [1.54, 1.807) is 136 Å². The van der Waals surface area contributed by atoms with Crippen molar-refractivity contribution in [2.45, 2.75) is 106 Å². The summed E-state index contributed by atoms with van der Waals surface area (Å²) in [5.74, 6) is -10.0. The van der Waals surface area contributed by atoms with Crippen LogP contribution in [0.2, 0.25) is 0 Å². The van der Waals surface area contributed by atoms with Crippen molar-refractivity contribution in [3.05, 3.63) is 253 Å². The molecule has 760 valence electrons. The number of pyridine rings is 9. The molecular formula is C93H83F16N29O8. The number of H-pyrrole nitrogens is 2. The molecule has 5 aliphatic heterocycles. The number of hydrogen-bond acceptors (Lipinski definition) is 23. The summed E-state index contributed by atoms with van der Waals surface area (Å²) in [4.78, 5) is 118. The van der Waals surface area contributed by atoms with Crippen molar-refractivity contribution in [1.82, 2.24) is 118 Å². The molecule has 5 aliphatic rings. The summed E-state index contributed by atoms with van der Waals surface area (Å²) in [7, 11) is 0. The average molecular weight is 2040 g/mol. The maximum atomic E-state index is 13.4. The molecule has 16 aromatic heterocycles. The number of alkyl halides is 16. The Kier molecular flexibility index (Phi) is 30.1. The van der Waals surface area contributed by atoms with Gasteiger partial charge in [-0.1, -0.05) is 11.7 Å². The minimum atomic E-state index is -4.75. The van der Waals surface area contributed by atoms with Crippen LogP contribution in [0.4, 0.5) is 76.1 Å². The first-order chi connectivity index (χ1) is 69.1. The number of oxime groups is 1. The van der Waals surface area contributed by atoms with Crippen LogP contribution in [0.3, 0.4) is 0 Å². The number of hydrazine groups is 1. The molecule has 5 fully saturated rings. The van der Waals surface area contributed by atoms with Crippen molar-refractivity contribution < 1.29 is 109 Å². The van der Waals surface area contributed by atoms with Crippen LogP contribution in [0.25, 0.3) is 106 Å². The minimum Gasteiger partial charge on any atom is -0.412 e. The highest BCUT2D eigenvalue weighted by molar-refractivity contribution is 6.01. The Morgan fingerprint density at radius 3 is 1.03 bits per heavy atom. The lowest BCUT2D eigenvalue weighted by atomic mass is 10.1. The number of aromatic nitrogens is 19. The Bertz CT molecular complexity index is 7250. The number of likely N-dealkylation sites (tertiary alicyclic amines) is 5. The highest BCUT2D eigenvalue weighted by Gasteiger charge is 2.43. The number of halogens is 16. The number of nitrogens with one attached hydrogen (secondary N) is 2. The highest BCUT2D eigenvalue weighted by atomic mass is 19.4. The molecule has 21 heterocycles. The van der Waals surface area contributed by atoms with Gasteiger partial charge in [-0.15, -0.1) is 15.2 Å². The van der Waals surface area contributed by atoms with Crippen LogP contribution in [0.15, 0.2) is 206 Å². The van der Waals surface area contributed by atoms with Crippen molar-refractivity contribution in [2.24, 2.45) is 22.6 Å². The van der Waals surface area contributed by atoms with Gasteiger partial charge < -0.3 is 55.2 Å². The van der Waals surface area contributed by atoms with Gasteiger partial charge in [-0.05, 0) is 109 Å². The summed E-state index contributed by atoms with van der Waals surface area (Å²) in [6.45, 7) is 7.23. The second-order valence-electron chi connectivity index (χ2n) is 33.8. The molecule has 21 rings (SSSR count). The molecule has 0 aliphatic carbocycles. The summed E-state index contributed by atoms with van der Waals surface area (Å²) < 4.78 is 220. The van der Waals surface area contributed by atoms with Crippen molar-refractivity contribution in [3.63, 3.8) is 0 Å². The van der Waals surface area contributed by atoms with Crippen molar-refractivity contribution in [3.8, 4) is 45.9 Å². The van der Waals surface area contributed by atoms with E-state index in [0.717, 1.165) is 21.8 Å². The van der Waals surface area contributed by atoms with Gasteiger partial charge in [0.25, 0.3) is 70.9 Å². The Hall–Kier alpha value is -16.8. The topological polar surface area (TPSA) is 480 Å². The summed E-state index contributed by atoms with van der Waals surface area (Å²) in [5.41, 5.74) is 13.4. The molecule has 0 bridgehead atoms. The second kappa shape index (κ2) is 42.4. The molecule has 146 heavy (non-hydrogen) atoms. The third-order valence-corrected chi connectivity index (χ3v) is 24.1. The van der Waals surface area contributed by atoms with Gasteiger partial charge in [0.1, 0.15) is 51.5 Å². The summed E-state index contributed by atoms with van der Waals surface area (Å²) in [5, 5.41) is 27.0. The Balaban J connectivity index is 0.000000138. The predicted molar refractivity (Wildman–Crippen MR) is 491 cm³/mol. The molecule has 53 heteroatoms. The van der Waals surface area contributed by atoms with Gasteiger partial charge in [-0.2, -0.15) is 31.4 Å². The third kappa shape index (κ3) is 23.7. The molecule has 0 radical (unpaired) electrons. The van der Waals surface area contributed by atoms with E-state index >= 15 is 0 Å². The van der Waals surface area contributed by atoms with Gasteiger partial charge in [0, 0.05) is 219 Å². The normalized spacial score (nSPS) is 16.4. The molecule has 5 amide bonds. The first-order valence-electron chi connectivity index (χ1n) is 44.2. The Morgan fingerprint density at radius 1 is 0.404 bits per heavy atom. The lowest BCUT2D eigenvalue weighted by Crippen LogP contribution is -2.42. The fourth-order valence-corrected chi connectivity index (χ4v) is 16.1. The number of carbonyl (C=O) groups is 5. The quantitative estimate of drug-likeness (QED) is 0.0126. The van der Waals surface area contributed by atoms with E-state index in [2.05, 4.69) is 96.2 Å². The largest absolute Gasteiger partial charge is 0.470 e. The lowest BCUT2D eigenvalue weighted by molar-refractivity contribution is -0.157. The minimum absolute atomic E-state index is 0. The van der Waals surface area contributed by atoms with Crippen LogP contribution in [-0.2, 0) is 12.4 Å². The molecule has 0 aromatic carbocycles. The van der Waals surface area contributed by atoms with Crippen LogP contribution in [0.1, 0.15) is 133 Å². The standard InChI is InChI=1S/C21H16F5N7O.C21H15F5N6O2.C19H18F2N6O2.C19H15F2N5O.C13H13F2N3O.H4N2.H2O/c22-20(23)4-7-32(8-5-20)18(34)13-9-12-3-6-33(17(12)28-10-13)14-1-2-15(27-11-14)16-29-19(31-30-16)21(24,25)26;22-20(23)4-7-31(8-5-20)18(33)13-9-12-3-6-32(16(12)28-10-13)14-1-2-15(27-11-14)17-29-30-19(34-17)21(24,25)26;20-19(21)4-7-26(8-5-19)18(28)13-9-12-3-6-27(17(12)24-10-13)14-1-2-15(23-11-14)16(22)25-29;1-22-16-3-2-15(12-23-16)26-7-4-13-10-14(11-24-17(13)26)18(27)25-8-5-19(20,21)6-9-25;14-13(15)2-5-18(6-3-13)12(19)10-7-9-1-4-16-11(9)17-8-10;1-2;/h1-3,6,9-11H,4-5,7-8H2,(H,29,30,31);1-3,6,9-11H,4-5,7-8H2;1-3,6,9-11,29H,4-5,7-8H2,(H2,22,25);2-4,7,10-12H,5-6,8-9H2;1,4,7-8H,2-3,5-6H2,(H,16,17);1-2H2;1H2. The van der Waals surface area contributed by atoms with Crippen LogP contribution in [-0.4, -0.2) is 259 Å². The smallest absolute Gasteiger partial charge is 0.412 e. The fraction of sp³-hybridized carbons (Fsp3) is 0.290. The zero-order valence-corrected chi connectivity index (χ0v) is 76.0. The molecule has 0 spiro atoms. The summed E-state index contributed by atoms with van der Waals surface area (Å²) in [6.07, 6.45) is 9.26. The van der Waals surface area contributed by atoms with E-state index < -0.39 is 53.7 Å². The van der Waals surface area contributed by atoms with Gasteiger partial charge in [0.15, 0.2) is 11.7 Å². The lowest BCUT2D eigenvalue weighted by Gasteiger charge is -2.31. The van der Waals surface area contributed by atoms with Crippen LogP contribution in [0.5, 0.6) is 0 Å².